The third-order valence-electron chi connectivity index (χ3n) is 5.65. The number of carbonyl (C=O) groups excluding carboxylic acids is 1. The number of nitrogens with zero attached hydrogens (tertiary/aromatic N) is 2. The van der Waals surface area contributed by atoms with Gasteiger partial charge in [-0.1, -0.05) is 30.0 Å². The molecule has 170 valence electrons. The number of hydrogen-bond donors (Lipinski definition) is 1. The van der Waals surface area contributed by atoms with Gasteiger partial charge >= 0.3 is 0 Å². The SMILES string of the molecule is Cc1ccc(NC(=O)CSc2nc3c(oc4ccccc43)c(=O)n2CC2CCCO2)cc1F. The maximum absolute atomic E-state index is 13.8. The molecular formula is C24H22FN3O4S. The smallest absolute Gasteiger partial charge is 0.297 e. The van der Waals surface area contributed by atoms with E-state index in [0.29, 0.717) is 40.7 Å². The average Bonchev–Trinajstić information content (AvgIpc) is 3.45. The van der Waals surface area contributed by atoms with Crippen molar-refractivity contribution < 1.29 is 18.3 Å². The van der Waals surface area contributed by atoms with Gasteiger partial charge in [0.25, 0.3) is 5.56 Å². The van der Waals surface area contributed by atoms with Gasteiger partial charge in [-0.2, -0.15) is 0 Å². The summed E-state index contributed by atoms with van der Waals surface area (Å²) in [5.74, 6) is -0.697. The summed E-state index contributed by atoms with van der Waals surface area (Å²) < 4.78 is 26.9. The molecule has 2 aromatic heterocycles. The predicted octanol–water partition coefficient (Wildman–Crippen LogP) is 4.50. The van der Waals surface area contributed by atoms with Crippen molar-refractivity contribution >= 4 is 45.4 Å². The summed E-state index contributed by atoms with van der Waals surface area (Å²) in [5, 5.41) is 3.85. The number of fused-ring (bicyclic) bond motifs is 3. The minimum atomic E-state index is -0.384. The number of rotatable bonds is 6. The Morgan fingerprint density at radius 1 is 1.30 bits per heavy atom. The van der Waals surface area contributed by atoms with Crippen molar-refractivity contribution in [2.24, 2.45) is 0 Å². The molecule has 0 radical (unpaired) electrons. The maximum Gasteiger partial charge on any atom is 0.297 e. The Labute approximate surface area is 192 Å². The number of aromatic nitrogens is 2. The second-order valence-electron chi connectivity index (χ2n) is 8.02. The van der Waals surface area contributed by atoms with E-state index < -0.39 is 0 Å². The number of para-hydroxylation sites is 1. The van der Waals surface area contributed by atoms with Gasteiger partial charge in [0.05, 0.1) is 18.4 Å². The lowest BCUT2D eigenvalue weighted by Crippen LogP contribution is -2.29. The van der Waals surface area contributed by atoms with Gasteiger partial charge in [-0.15, -0.1) is 0 Å². The largest absolute Gasteiger partial charge is 0.448 e. The van der Waals surface area contributed by atoms with E-state index >= 15 is 0 Å². The van der Waals surface area contributed by atoms with E-state index in [1.807, 2.05) is 18.2 Å². The summed E-state index contributed by atoms with van der Waals surface area (Å²) in [6.07, 6.45) is 1.71. The minimum Gasteiger partial charge on any atom is -0.448 e. The van der Waals surface area contributed by atoms with Gasteiger partial charge in [0.15, 0.2) is 5.16 Å². The molecule has 5 rings (SSSR count). The van der Waals surface area contributed by atoms with Crippen molar-refractivity contribution in [1.82, 2.24) is 9.55 Å². The number of furan rings is 1. The van der Waals surface area contributed by atoms with E-state index in [1.165, 1.54) is 10.6 Å². The molecule has 1 amide bonds. The van der Waals surface area contributed by atoms with E-state index in [-0.39, 0.29) is 34.7 Å². The van der Waals surface area contributed by atoms with Crippen LogP contribution in [-0.2, 0) is 16.1 Å². The molecule has 1 aliphatic rings. The van der Waals surface area contributed by atoms with Crippen LogP contribution in [0.5, 0.6) is 0 Å². The van der Waals surface area contributed by atoms with Crippen molar-refractivity contribution in [3.8, 4) is 0 Å². The molecule has 1 atom stereocenters. The van der Waals surface area contributed by atoms with Gasteiger partial charge in [0.2, 0.25) is 11.5 Å². The van der Waals surface area contributed by atoms with Crippen molar-refractivity contribution in [1.29, 1.82) is 0 Å². The number of amides is 1. The van der Waals surface area contributed by atoms with E-state index in [2.05, 4.69) is 5.32 Å². The highest BCUT2D eigenvalue weighted by Crippen LogP contribution is 2.28. The Morgan fingerprint density at radius 2 is 2.15 bits per heavy atom. The van der Waals surface area contributed by atoms with Gasteiger partial charge in [-0.05, 0) is 49.6 Å². The summed E-state index contributed by atoms with van der Waals surface area (Å²) in [5.41, 5.74) is 1.84. The summed E-state index contributed by atoms with van der Waals surface area (Å²) in [6, 6.07) is 11.9. The highest BCUT2D eigenvalue weighted by atomic mass is 32.2. The fraction of sp³-hybridized carbons (Fsp3) is 0.292. The number of nitrogens with one attached hydrogen (secondary N) is 1. The summed E-state index contributed by atoms with van der Waals surface area (Å²) in [4.78, 5) is 30.6. The molecular weight excluding hydrogens is 445 g/mol. The van der Waals surface area contributed by atoms with Crippen LogP contribution in [0.15, 0.2) is 56.8 Å². The number of halogens is 1. The molecule has 33 heavy (non-hydrogen) atoms. The molecule has 7 nitrogen and oxygen atoms in total. The van der Waals surface area contributed by atoms with Crippen molar-refractivity contribution in [3.05, 3.63) is 64.2 Å². The highest BCUT2D eigenvalue weighted by Gasteiger charge is 2.23. The lowest BCUT2D eigenvalue weighted by atomic mass is 10.2. The summed E-state index contributed by atoms with van der Waals surface area (Å²) in [7, 11) is 0. The Hall–Kier alpha value is -3.17. The lowest BCUT2D eigenvalue weighted by molar-refractivity contribution is -0.113. The van der Waals surface area contributed by atoms with Crippen LogP contribution in [0.25, 0.3) is 22.1 Å². The van der Waals surface area contributed by atoms with Crippen LogP contribution in [0.3, 0.4) is 0 Å². The normalized spacial score (nSPS) is 16.0. The number of ether oxygens (including phenoxy) is 1. The molecule has 1 fully saturated rings. The Kier molecular flexibility index (Phi) is 5.90. The van der Waals surface area contributed by atoms with Crippen LogP contribution >= 0.6 is 11.8 Å². The molecule has 3 heterocycles. The van der Waals surface area contributed by atoms with E-state index in [9.17, 15) is 14.0 Å². The standard InChI is InChI=1S/C24H22FN3O4S/c1-14-8-9-15(11-18(14)25)26-20(29)13-33-24-27-21-17-6-2-3-7-19(17)32-22(21)23(30)28(24)12-16-5-4-10-31-16/h2-3,6-9,11,16H,4-5,10,12-13H2,1H3,(H,26,29). The Morgan fingerprint density at radius 3 is 2.94 bits per heavy atom. The zero-order valence-corrected chi connectivity index (χ0v) is 18.8. The van der Waals surface area contributed by atoms with Gasteiger partial charge in [-0.25, -0.2) is 9.37 Å². The number of hydrogen-bond acceptors (Lipinski definition) is 6. The molecule has 2 aromatic carbocycles. The van der Waals surface area contributed by atoms with Crippen LogP contribution in [0.2, 0.25) is 0 Å². The molecule has 0 spiro atoms. The third kappa shape index (κ3) is 4.38. The lowest BCUT2D eigenvalue weighted by Gasteiger charge is -2.15. The number of anilines is 1. The zero-order chi connectivity index (χ0) is 22.9. The van der Waals surface area contributed by atoms with Gasteiger partial charge < -0.3 is 14.5 Å². The maximum atomic E-state index is 13.8. The molecule has 1 saturated heterocycles. The van der Waals surface area contributed by atoms with E-state index in [4.69, 9.17) is 14.1 Å². The fourth-order valence-electron chi connectivity index (χ4n) is 3.91. The first-order chi connectivity index (χ1) is 16.0. The first-order valence-electron chi connectivity index (χ1n) is 10.7. The first-order valence-corrected chi connectivity index (χ1v) is 11.7. The second kappa shape index (κ2) is 8.99. The molecule has 4 aromatic rings. The number of aryl methyl sites for hydroxylation is 1. The Bertz CT molecular complexity index is 1410. The van der Waals surface area contributed by atoms with Crippen LogP contribution in [0, 0.1) is 12.7 Å². The highest BCUT2D eigenvalue weighted by molar-refractivity contribution is 7.99. The van der Waals surface area contributed by atoms with Gasteiger partial charge in [0, 0.05) is 17.7 Å². The number of thioether (sulfide) groups is 1. The monoisotopic (exact) mass is 467 g/mol. The summed E-state index contributed by atoms with van der Waals surface area (Å²) >= 11 is 1.15. The molecule has 0 aliphatic carbocycles. The molecule has 0 bridgehead atoms. The Balaban J connectivity index is 1.45. The van der Waals surface area contributed by atoms with Gasteiger partial charge in [-0.3, -0.25) is 14.2 Å². The number of carbonyl (C=O) groups is 1. The molecule has 9 heteroatoms. The average molecular weight is 468 g/mol. The van der Waals surface area contributed by atoms with Crippen molar-refractivity contribution in [2.75, 3.05) is 17.7 Å². The van der Waals surface area contributed by atoms with Crippen molar-refractivity contribution in [2.45, 2.75) is 37.6 Å². The van der Waals surface area contributed by atoms with Crippen LogP contribution < -0.4 is 10.9 Å². The molecule has 0 saturated carbocycles. The van der Waals surface area contributed by atoms with E-state index in [1.54, 1.807) is 25.1 Å². The quantitative estimate of drug-likeness (QED) is 0.332. The zero-order valence-electron chi connectivity index (χ0n) is 18.0. The van der Waals surface area contributed by atoms with Crippen LogP contribution in [0.4, 0.5) is 10.1 Å². The van der Waals surface area contributed by atoms with Crippen molar-refractivity contribution in [3.63, 3.8) is 0 Å². The van der Waals surface area contributed by atoms with Gasteiger partial charge in [0.1, 0.15) is 16.9 Å². The molecule has 1 N–H and O–H groups in total. The molecule has 1 aliphatic heterocycles. The fourth-order valence-corrected chi connectivity index (χ4v) is 4.72. The third-order valence-corrected chi connectivity index (χ3v) is 6.62. The second-order valence-corrected chi connectivity index (χ2v) is 8.96. The first kappa shape index (κ1) is 21.7. The predicted molar refractivity (Wildman–Crippen MR) is 125 cm³/mol. The van der Waals surface area contributed by atoms with Crippen LogP contribution in [0.1, 0.15) is 18.4 Å². The van der Waals surface area contributed by atoms with Crippen LogP contribution in [-0.4, -0.2) is 33.9 Å². The molecule has 1 unspecified atom stereocenters. The summed E-state index contributed by atoms with van der Waals surface area (Å²) in [6.45, 7) is 2.66. The van der Waals surface area contributed by atoms with E-state index in [0.717, 1.165) is 30.0 Å². The minimum absolute atomic E-state index is 0.00868. The number of benzene rings is 2. The topological polar surface area (TPSA) is 86.4 Å².